The van der Waals surface area contributed by atoms with E-state index in [1.54, 1.807) is 36.4 Å². The van der Waals surface area contributed by atoms with Gasteiger partial charge in [0.1, 0.15) is 0 Å². The average Bonchev–Trinajstić information content (AvgIpc) is 2.38. The smallest absolute Gasteiger partial charge is 0.406 e. The SMILES string of the molecule is O=C(O)C(c1cccc(-c2ccccc2)c1)C(F)(F)F. The molecule has 0 fully saturated rings. The fraction of sp³-hybridized carbons (Fsp3) is 0.133. The average molecular weight is 280 g/mol. The van der Waals surface area contributed by atoms with Crippen LogP contribution in [-0.4, -0.2) is 17.3 Å². The van der Waals surface area contributed by atoms with E-state index >= 15 is 0 Å². The molecule has 2 aromatic rings. The van der Waals surface area contributed by atoms with Crippen molar-refractivity contribution in [3.8, 4) is 11.1 Å². The van der Waals surface area contributed by atoms with Crippen molar-refractivity contribution < 1.29 is 23.1 Å². The highest BCUT2D eigenvalue weighted by Gasteiger charge is 2.46. The molecule has 20 heavy (non-hydrogen) atoms. The van der Waals surface area contributed by atoms with Gasteiger partial charge >= 0.3 is 12.1 Å². The fourth-order valence-electron chi connectivity index (χ4n) is 2.00. The minimum Gasteiger partial charge on any atom is -0.481 e. The molecule has 1 atom stereocenters. The maximum Gasteiger partial charge on any atom is 0.406 e. The van der Waals surface area contributed by atoms with E-state index in [1.807, 2.05) is 0 Å². The summed E-state index contributed by atoms with van der Waals surface area (Å²) in [5.74, 6) is -4.41. The zero-order valence-electron chi connectivity index (χ0n) is 10.3. The summed E-state index contributed by atoms with van der Waals surface area (Å²) in [5, 5.41) is 8.80. The van der Waals surface area contributed by atoms with Crippen LogP contribution in [0.1, 0.15) is 11.5 Å². The molecule has 1 unspecified atom stereocenters. The van der Waals surface area contributed by atoms with Gasteiger partial charge in [-0.05, 0) is 22.8 Å². The number of halogens is 3. The highest BCUT2D eigenvalue weighted by Crippen LogP contribution is 2.36. The van der Waals surface area contributed by atoms with Gasteiger partial charge in [-0.1, -0.05) is 48.5 Å². The molecule has 2 aromatic carbocycles. The Labute approximate surface area is 113 Å². The predicted molar refractivity (Wildman–Crippen MR) is 68.3 cm³/mol. The predicted octanol–water partition coefficient (Wildman–Crippen LogP) is 4.08. The van der Waals surface area contributed by atoms with Crippen LogP contribution < -0.4 is 0 Å². The lowest BCUT2D eigenvalue weighted by molar-refractivity contribution is -0.176. The Bertz CT molecular complexity index is 606. The zero-order valence-corrected chi connectivity index (χ0v) is 10.3. The summed E-state index contributed by atoms with van der Waals surface area (Å²) in [4.78, 5) is 10.9. The number of carboxylic acid groups (broad SMARTS) is 1. The molecule has 104 valence electrons. The first kappa shape index (κ1) is 14.1. The van der Waals surface area contributed by atoms with Crippen molar-refractivity contribution in [2.24, 2.45) is 0 Å². The van der Waals surface area contributed by atoms with Gasteiger partial charge in [0.05, 0.1) is 0 Å². The van der Waals surface area contributed by atoms with Gasteiger partial charge in [-0.15, -0.1) is 0 Å². The molecule has 2 rings (SSSR count). The number of rotatable bonds is 3. The Morgan fingerprint density at radius 2 is 1.55 bits per heavy atom. The second-order valence-corrected chi connectivity index (χ2v) is 4.30. The lowest BCUT2D eigenvalue weighted by atomic mass is 9.94. The quantitative estimate of drug-likeness (QED) is 0.919. The molecule has 0 aliphatic heterocycles. The highest BCUT2D eigenvalue weighted by molar-refractivity contribution is 5.78. The van der Waals surface area contributed by atoms with Crippen LogP contribution in [0.25, 0.3) is 11.1 Å². The topological polar surface area (TPSA) is 37.3 Å². The summed E-state index contributed by atoms with van der Waals surface area (Å²) in [7, 11) is 0. The summed E-state index contributed by atoms with van der Waals surface area (Å²) in [5.41, 5.74) is 1.02. The van der Waals surface area contributed by atoms with Crippen LogP contribution in [0.15, 0.2) is 54.6 Å². The summed E-state index contributed by atoms with van der Waals surface area (Å²) < 4.78 is 38.4. The minimum absolute atomic E-state index is 0.272. The van der Waals surface area contributed by atoms with Crippen molar-refractivity contribution in [1.82, 2.24) is 0 Å². The Kier molecular flexibility index (Phi) is 3.79. The maximum atomic E-state index is 12.8. The van der Waals surface area contributed by atoms with Gasteiger partial charge in [-0.25, -0.2) is 0 Å². The van der Waals surface area contributed by atoms with E-state index in [1.165, 1.54) is 18.2 Å². The maximum absolute atomic E-state index is 12.8. The number of hydrogen-bond donors (Lipinski definition) is 1. The number of benzene rings is 2. The first-order valence-electron chi connectivity index (χ1n) is 5.84. The van der Waals surface area contributed by atoms with Crippen LogP contribution in [0, 0.1) is 0 Å². The number of alkyl halides is 3. The molecule has 0 heterocycles. The minimum atomic E-state index is -4.82. The first-order valence-corrected chi connectivity index (χ1v) is 5.84. The molecule has 5 heteroatoms. The van der Waals surface area contributed by atoms with Crippen molar-refractivity contribution in [2.45, 2.75) is 12.1 Å². The summed E-state index contributed by atoms with van der Waals surface area (Å²) in [6.45, 7) is 0. The molecule has 0 radical (unpaired) electrons. The molecule has 0 saturated carbocycles. The van der Waals surface area contributed by atoms with Crippen LogP contribution in [0.2, 0.25) is 0 Å². The Morgan fingerprint density at radius 1 is 0.950 bits per heavy atom. The number of aliphatic carboxylic acids is 1. The van der Waals surface area contributed by atoms with Crippen LogP contribution in [0.3, 0.4) is 0 Å². The van der Waals surface area contributed by atoms with Crippen LogP contribution >= 0.6 is 0 Å². The van der Waals surface area contributed by atoms with Gasteiger partial charge in [0.25, 0.3) is 0 Å². The Balaban J connectivity index is 2.46. The lowest BCUT2D eigenvalue weighted by Crippen LogP contribution is -2.28. The van der Waals surface area contributed by atoms with Gasteiger partial charge in [0, 0.05) is 0 Å². The lowest BCUT2D eigenvalue weighted by Gasteiger charge is -2.17. The van der Waals surface area contributed by atoms with Crippen molar-refractivity contribution >= 4 is 5.97 Å². The van der Waals surface area contributed by atoms with Crippen molar-refractivity contribution in [1.29, 1.82) is 0 Å². The van der Waals surface area contributed by atoms with Gasteiger partial charge < -0.3 is 5.11 Å². The third kappa shape index (κ3) is 2.99. The van der Waals surface area contributed by atoms with Crippen molar-refractivity contribution in [3.05, 3.63) is 60.2 Å². The first-order chi connectivity index (χ1) is 9.39. The largest absolute Gasteiger partial charge is 0.481 e. The van der Waals surface area contributed by atoms with Crippen LogP contribution in [0.5, 0.6) is 0 Å². The molecule has 0 amide bonds. The number of hydrogen-bond acceptors (Lipinski definition) is 1. The molecule has 0 saturated heterocycles. The van der Waals surface area contributed by atoms with Gasteiger partial charge in [0.15, 0.2) is 5.92 Å². The van der Waals surface area contributed by atoms with Crippen molar-refractivity contribution in [3.63, 3.8) is 0 Å². The standard InChI is InChI=1S/C15H11F3O2/c16-15(17,18)13(14(19)20)12-8-4-7-11(9-12)10-5-2-1-3-6-10/h1-9,13H,(H,19,20). The molecule has 0 aliphatic carbocycles. The monoisotopic (exact) mass is 280 g/mol. The summed E-state index contributed by atoms with van der Waals surface area (Å²) in [6.07, 6.45) is -4.82. The molecular weight excluding hydrogens is 269 g/mol. The number of carboxylic acids is 1. The second-order valence-electron chi connectivity index (χ2n) is 4.30. The van der Waals surface area contributed by atoms with E-state index in [2.05, 4.69) is 0 Å². The Hall–Kier alpha value is -2.30. The van der Waals surface area contributed by atoms with E-state index in [-0.39, 0.29) is 5.56 Å². The Morgan fingerprint density at radius 3 is 2.10 bits per heavy atom. The van der Waals surface area contributed by atoms with E-state index in [4.69, 9.17) is 5.11 Å². The van der Waals surface area contributed by atoms with Gasteiger partial charge in [0.2, 0.25) is 0 Å². The molecule has 0 bridgehead atoms. The van der Waals surface area contributed by atoms with Crippen LogP contribution in [0.4, 0.5) is 13.2 Å². The number of carbonyl (C=O) groups is 1. The van der Waals surface area contributed by atoms with Gasteiger partial charge in [-0.3, -0.25) is 4.79 Å². The summed E-state index contributed by atoms with van der Waals surface area (Å²) >= 11 is 0. The zero-order chi connectivity index (χ0) is 14.8. The second kappa shape index (κ2) is 5.36. The highest BCUT2D eigenvalue weighted by atomic mass is 19.4. The molecule has 2 nitrogen and oxygen atoms in total. The van der Waals surface area contributed by atoms with E-state index in [9.17, 15) is 18.0 Å². The van der Waals surface area contributed by atoms with Crippen molar-refractivity contribution in [2.75, 3.05) is 0 Å². The summed E-state index contributed by atoms with van der Waals surface area (Å²) in [6, 6.07) is 14.3. The normalized spacial score (nSPS) is 12.9. The van der Waals surface area contributed by atoms with Gasteiger partial charge in [-0.2, -0.15) is 13.2 Å². The molecular formula is C15H11F3O2. The third-order valence-corrected chi connectivity index (χ3v) is 2.90. The third-order valence-electron chi connectivity index (χ3n) is 2.90. The van der Waals surface area contributed by atoms with E-state index < -0.39 is 18.1 Å². The fourth-order valence-corrected chi connectivity index (χ4v) is 2.00. The molecule has 1 N–H and O–H groups in total. The molecule has 0 spiro atoms. The van der Waals surface area contributed by atoms with Crippen LogP contribution in [-0.2, 0) is 4.79 Å². The van der Waals surface area contributed by atoms with E-state index in [0.29, 0.717) is 5.56 Å². The molecule has 0 aromatic heterocycles. The molecule has 0 aliphatic rings. The van der Waals surface area contributed by atoms with E-state index in [0.717, 1.165) is 5.56 Å².